The Labute approximate surface area is 195 Å². The van der Waals surface area contributed by atoms with Gasteiger partial charge in [-0.25, -0.2) is 0 Å². The van der Waals surface area contributed by atoms with Crippen molar-refractivity contribution in [1.29, 1.82) is 0 Å². The van der Waals surface area contributed by atoms with Gasteiger partial charge in [0.15, 0.2) is 0 Å². The van der Waals surface area contributed by atoms with E-state index in [0.29, 0.717) is 22.3 Å². The third-order valence-electron chi connectivity index (χ3n) is 6.80. The molecule has 0 aliphatic heterocycles. The highest BCUT2D eigenvalue weighted by Gasteiger charge is 2.58. The lowest BCUT2D eigenvalue weighted by Gasteiger charge is -2.29. The van der Waals surface area contributed by atoms with Crippen LogP contribution in [-0.4, -0.2) is 27.2 Å². The first-order chi connectivity index (χ1) is 15.9. The molecule has 0 saturated heterocycles. The molecule has 1 atom stereocenters. The van der Waals surface area contributed by atoms with E-state index >= 15 is 0 Å². The molecule has 8 nitrogen and oxygen atoms in total. The molecule has 2 aromatic carbocycles. The largest absolute Gasteiger partial charge is 0.481 e. The highest BCUT2D eigenvalue weighted by Crippen LogP contribution is 2.63. The number of amides is 1. The number of hydrogen-bond acceptors (Lipinski definition) is 6. The molecule has 3 aromatic rings. The third-order valence-corrected chi connectivity index (χ3v) is 7.04. The molecule has 1 unspecified atom stereocenters. The number of hydrogen-bond donors (Lipinski definition) is 3. The van der Waals surface area contributed by atoms with Crippen LogP contribution in [-0.2, 0) is 4.79 Å². The van der Waals surface area contributed by atoms with Gasteiger partial charge in [0, 0.05) is 16.4 Å². The van der Waals surface area contributed by atoms with Gasteiger partial charge in [-0.05, 0) is 79.3 Å². The Morgan fingerprint density at radius 3 is 2.48 bits per heavy atom. The molecule has 3 N–H and O–H groups in total. The minimum atomic E-state index is -0.651. The molecule has 1 aromatic heterocycles. The summed E-state index contributed by atoms with van der Waals surface area (Å²) >= 11 is 5.96. The van der Waals surface area contributed by atoms with E-state index in [4.69, 9.17) is 16.0 Å². The number of anilines is 3. The summed E-state index contributed by atoms with van der Waals surface area (Å²) in [6, 6.07) is 14.9. The molecule has 2 fully saturated rings. The molecular weight excluding hydrogens is 444 g/mol. The molecule has 1 amide bonds. The zero-order valence-corrected chi connectivity index (χ0v) is 18.5. The maximum Gasteiger partial charge on any atom is 0.320 e. The fraction of sp³-hybridized carbons (Fsp3) is 0.333. The van der Waals surface area contributed by atoms with Crippen LogP contribution in [0.2, 0.25) is 5.02 Å². The van der Waals surface area contributed by atoms with Crippen LogP contribution in [0, 0.1) is 11.3 Å². The summed E-state index contributed by atoms with van der Waals surface area (Å²) in [4.78, 5) is 23.7. The Kier molecular flexibility index (Phi) is 5.54. The molecular formula is C24H23ClN4O4. The lowest BCUT2D eigenvalue weighted by Crippen LogP contribution is -2.18. The average Bonchev–Trinajstić information content (AvgIpc) is 3.30. The van der Waals surface area contributed by atoms with Crippen molar-refractivity contribution in [2.75, 3.05) is 10.6 Å². The first-order valence-electron chi connectivity index (χ1n) is 10.9. The van der Waals surface area contributed by atoms with Crippen LogP contribution in [0.15, 0.2) is 52.9 Å². The summed E-state index contributed by atoms with van der Waals surface area (Å²) in [7, 11) is 0. The van der Waals surface area contributed by atoms with Crippen LogP contribution in [0.3, 0.4) is 0 Å². The predicted octanol–water partition coefficient (Wildman–Crippen LogP) is 5.47. The first kappa shape index (κ1) is 21.5. The molecule has 33 heavy (non-hydrogen) atoms. The summed E-state index contributed by atoms with van der Waals surface area (Å²) in [5.74, 6) is -1.03. The highest BCUT2D eigenvalue weighted by atomic mass is 35.5. The van der Waals surface area contributed by atoms with E-state index in [1.807, 2.05) is 24.3 Å². The van der Waals surface area contributed by atoms with Crippen LogP contribution in [0.1, 0.15) is 54.3 Å². The normalized spacial score (nSPS) is 23.8. The molecule has 1 heterocycles. The molecule has 1 spiro atoms. The van der Waals surface area contributed by atoms with Gasteiger partial charge in [-0.3, -0.25) is 9.59 Å². The van der Waals surface area contributed by atoms with Crippen LogP contribution in [0.5, 0.6) is 0 Å². The van der Waals surface area contributed by atoms with Crippen LogP contribution in [0.25, 0.3) is 0 Å². The second-order valence-corrected chi connectivity index (χ2v) is 9.29. The Morgan fingerprint density at radius 1 is 1.06 bits per heavy atom. The van der Waals surface area contributed by atoms with Crippen LogP contribution in [0.4, 0.5) is 17.4 Å². The van der Waals surface area contributed by atoms with Crippen molar-refractivity contribution in [3.05, 3.63) is 65.0 Å². The summed E-state index contributed by atoms with van der Waals surface area (Å²) in [5, 5.41) is 23.1. The van der Waals surface area contributed by atoms with E-state index in [0.717, 1.165) is 32.1 Å². The fourth-order valence-electron chi connectivity index (χ4n) is 4.85. The van der Waals surface area contributed by atoms with Crippen molar-refractivity contribution in [3.8, 4) is 0 Å². The highest BCUT2D eigenvalue weighted by molar-refractivity contribution is 6.30. The van der Waals surface area contributed by atoms with Gasteiger partial charge < -0.3 is 20.2 Å². The van der Waals surface area contributed by atoms with Crippen molar-refractivity contribution < 1.29 is 19.1 Å². The Balaban J connectivity index is 1.16. The fourth-order valence-corrected chi connectivity index (χ4v) is 5.04. The van der Waals surface area contributed by atoms with E-state index in [-0.39, 0.29) is 23.2 Å². The quantitative estimate of drug-likeness (QED) is 0.441. The zero-order chi connectivity index (χ0) is 23.0. The lowest BCUT2D eigenvalue weighted by atomic mass is 9.76. The number of carbonyl (C=O) groups excluding carboxylic acids is 1. The number of nitrogens with zero attached hydrogens (tertiary/aromatic N) is 2. The second-order valence-electron chi connectivity index (χ2n) is 8.86. The van der Waals surface area contributed by atoms with Crippen molar-refractivity contribution in [2.45, 2.75) is 38.0 Å². The summed E-state index contributed by atoms with van der Waals surface area (Å²) in [6.07, 6.45) is 4.76. The van der Waals surface area contributed by atoms with Crippen LogP contribution < -0.4 is 10.6 Å². The molecule has 5 rings (SSSR count). The Morgan fingerprint density at radius 2 is 1.82 bits per heavy atom. The van der Waals surface area contributed by atoms with Crippen molar-refractivity contribution in [2.24, 2.45) is 11.3 Å². The number of halogens is 1. The number of nitrogens with one attached hydrogen (secondary N) is 2. The first-order valence-corrected chi connectivity index (χ1v) is 11.3. The smallest absolute Gasteiger partial charge is 0.320 e. The molecule has 2 aliphatic carbocycles. The molecule has 2 aliphatic rings. The van der Waals surface area contributed by atoms with Gasteiger partial charge in [-0.1, -0.05) is 34.9 Å². The summed E-state index contributed by atoms with van der Waals surface area (Å²) < 4.78 is 5.40. The van der Waals surface area contributed by atoms with Gasteiger partial charge in [0.2, 0.25) is 0 Å². The molecule has 2 saturated carbocycles. The van der Waals surface area contributed by atoms with Gasteiger partial charge in [-0.15, -0.1) is 5.10 Å². The zero-order valence-electron chi connectivity index (χ0n) is 17.8. The monoisotopic (exact) mass is 466 g/mol. The maximum atomic E-state index is 12.5. The maximum absolute atomic E-state index is 12.5. The number of benzene rings is 2. The van der Waals surface area contributed by atoms with Gasteiger partial charge in [0.25, 0.3) is 0 Å². The predicted molar refractivity (Wildman–Crippen MR) is 123 cm³/mol. The minimum Gasteiger partial charge on any atom is -0.481 e. The number of carboxylic acid groups (broad SMARTS) is 1. The van der Waals surface area contributed by atoms with E-state index in [9.17, 15) is 14.7 Å². The van der Waals surface area contributed by atoms with E-state index in [1.54, 1.807) is 24.3 Å². The average molecular weight is 467 g/mol. The summed E-state index contributed by atoms with van der Waals surface area (Å²) in [5.41, 5.74) is 2.55. The van der Waals surface area contributed by atoms with Gasteiger partial charge in [-0.2, -0.15) is 0 Å². The molecule has 9 heteroatoms. The van der Waals surface area contributed by atoms with Crippen molar-refractivity contribution in [3.63, 3.8) is 0 Å². The number of carbonyl (C=O) groups is 2. The van der Waals surface area contributed by atoms with Crippen molar-refractivity contribution in [1.82, 2.24) is 10.2 Å². The van der Waals surface area contributed by atoms with Crippen LogP contribution >= 0.6 is 11.6 Å². The minimum absolute atomic E-state index is 0.0425. The van der Waals surface area contributed by atoms with E-state index in [2.05, 4.69) is 20.8 Å². The molecule has 0 bridgehead atoms. The third kappa shape index (κ3) is 4.57. The summed E-state index contributed by atoms with van der Waals surface area (Å²) in [6.45, 7) is 0. The number of aromatic nitrogens is 2. The lowest BCUT2D eigenvalue weighted by molar-refractivity contribution is -0.139. The SMILES string of the molecule is O=C(Nc1ccc(C2CCC3(CC2)CC3C(=O)O)cc1)c1nnc(Nc2cccc(Cl)c2)o1. The van der Waals surface area contributed by atoms with E-state index in [1.165, 1.54) is 5.56 Å². The van der Waals surface area contributed by atoms with Gasteiger partial charge in [0.1, 0.15) is 0 Å². The topological polar surface area (TPSA) is 117 Å². The second kappa shape index (κ2) is 8.51. The standard InChI is InChI=1S/C24H23ClN4O4/c25-16-2-1-3-18(12-16)27-23-29-28-21(33-23)20(30)26-17-6-4-14(5-7-17)15-8-10-24(11-9-15)13-19(24)22(31)32/h1-7,12,15,19H,8-11,13H2,(H,26,30)(H,27,29)(H,31,32). The molecule has 0 radical (unpaired) electrons. The van der Waals surface area contributed by atoms with Crippen molar-refractivity contribution >= 4 is 40.9 Å². The van der Waals surface area contributed by atoms with E-state index < -0.39 is 11.9 Å². The number of rotatable bonds is 6. The Hall–Kier alpha value is -3.39. The number of aliphatic carboxylic acids is 1. The number of carboxylic acids is 1. The van der Waals surface area contributed by atoms with Gasteiger partial charge in [0.05, 0.1) is 5.92 Å². The van der Waals surface area contributed by atoms with Gasteiger partial charge >= 0.3 is 23.8 Å². The molecule has 170 valence electrons. The Bertz CT molecular complexity index is 1190.